The lowest BCUT2D eigenvalue weighted by molar-refractivity contribution is -0.223. The van der Waals surface area contributed by atoms with Gasteiger partial charge in [-0.1, -0.05) is 18.1 Å². The molecule has 7 rings (SSSR count). The molecule has 220 valence electrons. The highest BCUT2D eigenvalue weighted by atomic mass is 19.4. The third-order valence-corrected chi connectivity index (χ3v) is 10.3. The summed E-state index contributed by atoms with van der Waals surface area (Å²) in [6.07, 6.45) is 0.339. The van der Waals surface area contributed by atoms with Gasteiger partial charge in [0.15, 0.2) is 0 Å². The molecular weight excluding hydrogens is 545 g/mol. The minimum atomic E-state index is -4.44. The Morgan fingerprint density at radius 2 is 1.88 bits per heavy atom. The largest absolute Gasteiger partial charge is 0.487 e. The molecule has 6 nitrogen and oxygen atoms in total. The predicted octanol–water partition coefficient (Wildman–Crippen LogP) is 4.72. The lowest BCUT2D eigenvalue weighted by Gasteiger charge is -2.65. The molecule has 2 heterocycles. The number of rotatable bonds is 4. The fraction of sp³-hybridized carbons (Fsp3) is 0.515. The average molecular weight is 579 g/mol. The summed E-state index contributed by atoms with van der Waals surface area (Å²) in [7, 11) is 1.71. The van der Waals surface area contributed by atoms with Crippen LogP contribution < -0.4 is 4.74 Å². The molecule has 0 unspecified atom stereocenters. The topological polar surface area (TPSA) is 59.1 Å². The number of hydrogen-bond donors (Lipinski definition) is 0. The molecule has 3 aliphatic carbocycles. The molecule has 2 saturated carbocycles. The first kappa shape index (κ1) is 27.3. The molecule has 1 spiro atoms. The van der Waals surface area contributed by atoms with Crippen molar-refractivity contribution < 1.29 is 32.2 Å². The molecule has 0 N–H and O–H groups in total. The van der Waals surface area contributed by atoms with Crippen molar-refractivity contribution in [2.24, 2.45) is 5.92 Å². The molecule has 9 heteroatoms. The van der Waals surface area contributed by atoms with Gasteiger partial charge in [0, 0.05) is 37.6 Å². The molecule has 42 heavy (non-hydrogen) atoms. The van der Waals surface area contributed by atoms with Crippen molar-refractivity contribution in [1.29, 1.82) is 0 Å². The molecule has 5 atom stereocenters. The van der Waals surface area contributed by atoms with Crippen LogP contribution in [0.4, 0.5) is 13.2 Å². The predicted molar refractivity (Wildman–Crippen MR) is 148 cm³/mol. The van der Waals surface area contributed by atoms with Crippen LogP contribution in [0.5, 0.6) is 5.75 Å². The van der Waals surface area contributed by atoms with Gasteiger partial charge in [-0.25, -0.2) is 0 Å². The van der Waals surface area contributed by atoms with Crippen LogP contribution in [0.15, 0.2) is 42.5 Å². The van der Waals surface area contributed by atoms with E-state index in [-0.39, 0.29) is 18.1 Å². The highest BCUT2D eigenvalue weighted by Gasteiger charge is 2.75. The van der Waals surface area contributed by atoms with E-state index in [1.54, 1.807) is 11.9 Å². The van der Waals surface area contributed by atoms with Crippen LogP contribution in [0.25, 0.3) is 0 Å². The monoisotopic (exact) mass is 578 g/mol. The quantitative estimate of drug-likeness (QED) is 0.388. The van der Waals surface area contributed by atoms with Crippen molar-refractivity contribution in [3.8, 4) is 17.6 Å². The van der Waals surface area contributed by atoms with Crippen molar-refractivity contribution in [3.05, 3.63) is 64.7 Å². The molecular formula is C33H33F3N2O4. The fourth-order valence-corrected chi connectivity index (χ4v) is 8.36. The molecule has 2 aromatic carbocycles. The van der Waals surface area contributed by atoms with Crippen LogP contribution in [0.1, 0.15) is 61.3 Å². The number of ether oxygens (including phenoxy) is 2. The Kier molecular flexibility index (Phi) is 6.18. The number of likely N-dealkylation sites (N-methyl/N-ethyl adjacent to an activating group) is 1. The summed E-state index contributed by atoms with van der Waals surface area (Å²) in [5, 5.41) is 0. The molecule has 3 fully saturated rings. The summed E-state index contributed by atoms with van der Waals surface area (Å²) in [5.74, 6) is 6.11. The third kappa shape index (κ3) is 4.05. The molecule has 2 bridgehead atoms. The van der Waals surface area contributed by atoms with Gasteiger partial charge in [0.25, 0.3) is 5.91 Å². The van der Waals surface area contributed by atoms with E-state index in [1.807, 2.05) is 12.1 Å². The Bertz CT molecular complexity index is 1510. The summed E-state index contributed by atoms with van der Waals surface area (Å²) in [6.45, 7) is 3.36. The number of carbonyl (C=O) groups is 2. The molecule has 2 aromatic rings. The number of carbonyl (C=O) groups excluding carboxylic acids is 2. The maximum absolute atomic E-state index is 13.4. The van der Waals surface area contributed by atoms with Crippen LogP contribution in [-0.2, 0) is 32.3 Å². The van der Waals surface area contributed by atoms with Crippen molar-refractivity contribution >= 4 is 11.9 Å². The lowest BCUT2D eigenvalue weighted by Crippen LogP contribution is -2.79. The van der Waals surface area contributed by atoms with Crippen LogP contribution >= 0.6 is 0 Å². The van der Waals surface area contributed by atoms with E-state index in [1.165, 1.54) is 37.5 Å². The maximum Gasteiger partial charge on any atom is 0.416 e. The van der Waals surface area contributed by atoms with E-state index in [0.717, 1.165) is 49.4 Å². The van der Waals surface area contributed by atoms with E-state index < -0.39 is 34.8 Å². The van der Waals surface area contributed by atoms with E-state index >= 15 is 0 Å². The minimum absolute atomic E-state index is 0.0316. The zero-order chi connectivity index (χ0) is 29.4. The zero-order valence-electron chi connectivity index (χ0n) is 23.7. The van der Waals surface area contributed by atoms with Gasteiger partial charge in [-0.2, -0.15) is 13.2 Å². The van der Waals surface area contributed by atoms with Gasteiger partial charge in [-0.05, 0) is 86.9 Å². The van der Waals surface area contributed by atoms with Gasteiger partial charge in [0.05, 0.1) is 23.1 Å². The highest BCUT2D eigenvalue weighted by Crippen LogP contribution is 2.66. The lowest BCUT2D eigenvalue weighted by atomic mass is 9.48. The number of alkyl halides is 3. The number of hydrogen-bond acceptors (Lipinski definition) is 5. The second-order valence-corrected chi connectivity index (χ2v) is 12.5. The number of benzene rings is 2. The van der Waals surface area contributed by atoms with Crippen molar-refractivity contribution in [2.75, 3.05) is 20.1 Å². The number of piperidine rings is 1. The summed E-state index contributed by atoms with van der Waals surface area (Å²) >= 11 is 0. The molecule has 0 aromatic heterocycles. The van der Waals surface area contributed by atoms with Crippen molar-refractivity contribution in [1.82, 2.24) is 9.80 Å². The third-order valence-electron chi connectivity index (χ3n) is 10.3. The summed E-state index contributed by atoms with van der Waals surface area (Å²) in [4.78, 5) is 30.3. The molecule has 1 amide bonds. The van der Waals surface area contributed by atoms with E-state index in [4.69, 9.17) is 9.47 Å². The first-order valence-electron chi connectivity index (χ1n) is 14.7. The normalized spacial score (nSPS) is 30.8. The molecule has 1 saturated heterocycles. The summed E-state index contributed by atoms with van der Waals surface area (Å²) in [6, 6.07) is 10.3. The average Bonchev–Trinajstić information content (AvgIpc) is 3.70. The smallest absolute Gasteiger partial charge is 0.416 e. The van der Waals surface area contributed by atoms with Crippen LogP contribution in [0, 0.1) is 17.8 Å². The number of likely N-dealkylation sites (tertiary alicyclic amines) is 1. The van der Waals surface area contributed by atoms with E-state index in [0.29, 0.717) is 24.3 Å². The highest BCUT2D eigenvalue weighted by molar-refractivity contribution is 5.94. The Morgan fingerprint density at radius 3 is 2.57 bits per heavy atom. The minimum Gasteiger partial charge on any atom is -0.487 e. The number of nitrogens with zero attached hydrogens (tertiary/aromatic N) is 2. The SMILES string of the molecule is CC(=O)O[C@@]12CC[C@@H](N(C)C(=O)C#Cc3ccc(C(F)(F)F)cc3)[C@@H]3Oc4cccc5c4[C@@]31CCN(CC1CC1)[C@@H]2C5. The van der Waals surface area contributed by atoms with Crippen LogP contribution in [0.2, 0.25) is 0 Å². The second-order valence-electron chi connectivity index (χ2n) is 12.5. The van der Waals surface area contributed by atoms with Gasteiger partial charge in [0.2, 0.25) is 0 Å². The fourth-order valence-electron chi connectivity index (χ4n) is 8.36. The summed E-state index contributed by atoms with van der Waals surface area (Å²) in [5.41, 5.74) is 0.558. The number of amides is 1. The van der Waals surface area contributed by atoms with E-state index in [2.05, 4.69) is 22.8 Å². The number of esters is 1. The van der Waals surface area contributed by atoms with Gasteiger partial charge in [0.1, 0.15) is 17.5 Å². The Labute approximate surface area is 243 Å². The number of halogens is 3. The Balaban J connectivity index is 1.23. The van der Waals surface area contributed by atoms with Gasteiger partial charge in [-0.15, -0.1) is 0 Å². The Morgan fingerprint density at radius 1 is 1.12 bits per heavy atom. The Hall–Kier alpha value is -3.51. The maximum atomic E-state index is 13.4. The first-order chi connectivity index (χ1) is 20.0. The second kappa shape index (κ2) is 9.50. The van der Waals surface area contributed by atoms with Gasteiger partial charge >= 0.3 is 12.1 Å². The van der Waals surface area contributed by atoms with Gasteiger partial charge < -0.3 is 14.4 Å². The molecule has 5 aliphatic rings. The molecule has 2 aliphatic heterocycles. The van der Waals surface area contributed by atoms with Crippen LogP contribution in [-0.4, -0.2) is 65.6 Å². The van der Waals surface area contributed by atoms with E-state index in [9.17, 15) is 22.8 Å². The van der Waals surface area contributed by atoms with Gasteiger partial charge in [-0.3, -0.25) is 14.5 Å². The van der Waals surface area contributed by atoms with Crippen LogP contribution in [0.3, 0.4) is 0 Å². The van der Waals surface area contributed by atoms with Crippen molar-refractivity contribution in [2.45, 2.75) is 80.8 Å². The van der Waals surface area contributed by atoms with Crippen molar-refractivity contribution in [3.63, 3.8) is 0 Å². The zero-order valence-corrected chi connectivity index (χ0v) is 23.7. The molecule has 0 radical (unpaired) electrons. The first-order valence-corrected chi connectivity index (χ1v) is 14.7. The summed E-state index contributed by atoms with van der Waals surface area (Å²) < 4.78 is 52.0. The standard InChI is InChI=1S/C33H33F3N2O4/c1-20(39)42-32-15-14-25(37(2)28(40)13-10-21-8-11-24(12-9-21)33(34,35)36)30-31(32)16-17-38(19-22-6-7-22)27(32)18-23-4-3-5-26(41-30)29(23)31/h3-5,8-9,11-12,22,25,27,30H,6-7,14-19H2,1-2H3/t25-,27-,30+,31+,32-/m1/s1.